The average Bonchev–Trinajstić information content (AvgIpc) is 2.45. The SMILES string of the molecule is CC(C)N1CCN(C(=O)c2ccccc2S(C)(=O)=O)CC1. The van der Waals surface area contributed by atoms with Crippen molar-refractivity contribution in [1.29, 1.82) is 0 Å². The van der Waals surface area contributed by atoms with E-state index >= 15 is 0 Å². The molecule has 1 amide bonds. The number of carbonyl (C=O) groups is 1. The summed E-state index contributed by atoms with van der Waals surface area (Å²) >= 11 is 0. The summed E-state index contributed by atoms with van der Waals surface area (Å²) in [5.41, 5.74) is 0.276. The molecule has 0 aliphatic carbocycles. The molecule has 2 rings (SSSR count). The van der Waals surface area contributed by atoms with E-state index in [1.54, 1.807) is 23.1 Å². The normalized spacial score (nSPS) is 17.2. The molecule has 1 heterocycles. The molecular formula is C15H22N2O3S. The van der Waals surface area contributed by atoms with Crippen molar-refractivity contribution in [2.24, 2.45) is 0 Å². The third-order valence-electron chi connectivity index (χ3n) is 3.85. The van der Waals surface area contributed by atoms with Crippen molar-refractivity contribution in [3.63, 3.8) is 0 Å². The second-order valence-corrected chi connectivity index (χ2v) is 7.67. The number of hydrogen-bond donors (Lipinski definition) is 0. The van der Waals surface area contributed by atoms with Gasteiger partial charge in [-0.3, -0.25) is 9.69 Å². The van der Waals surface area contributed by atoms with E-state index in [0.717, 1.165) is 19.3 Å². The summed E-state index contributed by atoms with van der Waals surface area (Å²) in [7, 11) is -3.40. The molecule has 0 unspecified atom stereocenters. The average molecular weight is 310 g/mol. The Morgan fingerprint density at radius 2 is 1.67 bits per heavy atom. The maximum Gasteiger partial charge on any atom is 0.255 e. The van der Waals surface area contributed by atoms with Crippen molar-refractivity contribution in [3.8, 4) is 0 Å². The standard InChI is InChI=1S/C15H22N2O3S/c1-12(2)16-8-10-17(11-9-16)15(18)13-6-4-5-7-14(13)21(3,19)20/h4-7,12H,8-11H2,1-3H3. The van der Waals surface area contributed by atoms with E-state index in [1.165, 1.54) is 6.07 Å². The summed E-state index contributed by atoms with van der Waals surface area (Å²) in [6.45, 7) is 7.19. The lowest BCUT2D eigenvalue weighted by molar-refractivity contribution is 0.0592. The van der Waals surface area contributed by atoms with E-state index in [1.807, 2.05) is 0 Å². The predicted molar refractivity (Wildman–Crippen MR) is 82.2 cm³/mol. The van der Waals surface area contributed by atoms with Gasteiger partial charge in [-0.1, -0.05) is 12.1 Å². The molecule has 1 saturated heterocycles. The molecule has 1 aliphatic heterocycles. The molecule has 116 valence electrons. The van der Waals surface area contributed by atoms with E-state index in [9.17, 15) is 13.2 Å². The van der Waals surface area contributed by atoms with Crippen molar-refractivity contribution < 1.29 is 13.2 Å². The minimum Gasteiger partial charge on any atom is -0.336 e. The Balaban J connectivity index is 2.19. The van der Waals surface area contributed by atoms with Gasteiger partial charge in [0.1, 0.15) is 0 Å². The van der Waals surface area contributed by atoms with Crippen LogP contribution in [0.5, 0.6) is 0 Å². The molecule has 0 radical (unpaired) electrons. The fourth-order valence-electron chi connectivity index (χ4n) is 2.58. The van der Waals surface area contributed by atoms with Gasteiger partial charge in [-0.2, -0.15) is 0 Å². The summed E-state index contributed by atoms with van der Waals surface area (Å²) in [5.74, 6) is -0.195. The van der Waals surface area contributed by atoms with Gasteiger partial charge in [-0.15, -0.1) is 0 Å². The van der Waals surface area contributed by atoms with Gasteiger partial charge in [0.25, 0.3) is 5.91 Å². The fourth-order valence-corrected chi connectivity index (χ4v) is 3.46. The van der Waals surface area contributed by atoms with Gasteiger partial charge < -0.3 is 4.90 Å². The molecule has 1 aliphatic rings. The maximum atomic E-state index is 12.6. The Bertz CT molecular complexity index is 618. The first kappa shape index (κ1) is 16.0. The lowest BCUT2D eigenvalue weighted by Gasteiger charge is -2.37. The van der Waals surface area contributed by atoms with Crippen molar-refractivity contribution in [1.82, 2.24) is 9.80 Å². The van der Waals surface area contributed by atoms with Gasteiger partial charge in [0.05, 0.1) is 10.5 Å². The number of carbonyl (C=O) groups excluding carboxylic acids is 1. The van der Waals surface area contributed by atoms with Gasteiger partial charge in [-0.25, -0.2) is 8.42 Å². The number of amides is 1. The van der Waals surface area contributed by atoms with Crippen LogP contribution in [0, 0.1) is 0 Å². The summed E-state index contributed by atoms with van der Waals surface area (Å²) in [6, 6.07) is 6.89. The zero-order valence-corrected chi connectivity index (χ0v) is 13.6. The van der Waals surface area contributed by atoms with Gasteiger partial charge >= 0.3 is 0 Å². The van der Waals surface area contributed by atoms with Gasteiger partial charge in [-0.05, 0) is 26.0 Å². The first-order chi connectivity index (χ1) is 9.80. The maximum absolute atomic E-state index is 12.6. The molecule has 5 nitrogen and oxygen atoms in total. The number of benzene rings is 1. The predicted octanol–water partition coefficient (Wildman–Crippen LogP) is 1.26. The molecule has 0 bridgehead atoms. The van der Waals surface area contributed by atoms with Crippen LogP contribution in [-0.2, 0) is 9.84 Å². The Morgan fingerprint density at radius 3 is 2.19 bits per heavy atom. The van der Waals surface area contributed by atoms with Crippen LogP contribution < -0.4 is 0 Å². The van der Waals surface area contributed by atoms with E-state index in [2.05, 4.69) is 18.7 Å². The lowest BCUT2D eigenvalue weighted by Crippen LogP contribution is -2.50. The Kier molecular flexibility index (Phi) is 4.68. The summed E-state index contributed by atoms with van der Waals surface area (Å²) < 4.78 is 23.6. The van der Waals surface area contributed by atoms with Crippen molar-refractivity contribution in [2.45, 2.75) is 24.8 Å². The second-order valence-electron chi connectivity index (χ2n) is 5.69. The van der Waals surface area contributed by atoms with Gasteiger partial charge in [0.2, 0.25) is 0 Å². The van der Waals surface area contributed by atoms with Gasteiger partial charge in [0, 0.05) is 38.5 Å². The van der Waals surface area contributed by atoms with E-state index in [-0.39, 0.29) is 16.4 Å². The van der Waals surface area contributed by atoms with Crippen LogP contribution in [0.3, 0.4) is 0 Å². The zero-order chi connectivity index (χ0) is 15.6. The zero-order valence-electron chi connectivity index (χ0n) is 12.7. The van der Waals surface area contributed by atoms with Crippen LogP contribution in [0.4, 0.5) is 0 Å². The molecule has 21 heavy (non-hydrogen) atoms. The number of piperazine rings is 1. The van der Waals surface area contributed by atoms with Crippen LogP contribution in [-0.4, -0.2) is 62.6 Å². The molecule has 0 aromatic heterocycles. The fraction of sp³-hybridized carbons (Fsp3) is 0.533. The molecule has 6 heteroatoms. The first-order valence-electron chi connectivity index (χ1n) is 7.13. The molecule has 0 N–H and O–H groups in total. The largest absolute Gasteiger partial charge is 0.336 e. The summed E-state index contributed by atoms with van der Waals surface area (Å²) in [5, 5.41) is 0. The minimum atomic E-state index is -3.40. The molecule has 1 fully saturated rings. The number of hydrogen-bond acceptors (Lipinski definition) is 4. The third kappa shape index (κ3) is 3.63. The molecule has 1 aromatic rings. The van der Waals surface area contributed by atoms with Gasteiger partial charge in [0.15, 0.2) is 9.84 Å². The Hall–Kier alpha value is -1.40. The number of rotatable bonds is 3. The van der Waals surface area contributed by atoms with Crippen molar-refractivity contribution in [2.75, 3.05) is 32.4 Å². The summed E-state index contributed by atoms with van der Waals surface area (Å²) in [6.07, 6.45) is 1.13. The topological polar surface area (TPSA) is 57.7 Å². The first-order valence-corrected chi connectivity index (χ1v) is 9.02. The number of nitrogens with zero attached hydrogens (tertiary/aromatic N) is 2. The molecule has 0 spiro atoms. The van der Waals surface area contributed by atoms with E-state index in [4.69, 9.17) is 0 Å². The van der Waals surface area contributed by atoms with Crippen LogP contribution in [0.2, 0.25) is 0 Å². The third-order valence-corrected chi connectivity index (χ3v) is 5.00. The minimum absolute atomic E-state index is 0.112. The highest BCUT2D eigenvalue weighted by molar-refractivity contribution is 7.90. The molecule has 1 aromatic carbocycles. The highest BCUT2D eigenvalue weighted by atomic mass is 32.2. The summed E-state index contributed by atoms with van der Waals surface area (Å²) in [4.78, 5) is 16.7. The highest BCUT2D eigenvalue weighted by Crippen LogP contribution is 2.18. The lowest BCUT2D eigenvalue weighted by atomic mass is 10.1. The molecule has 0 atom stereocenters. The van der Waals surface area contributed by atoms with Crippen LogP contribution in [0.15, 0.2) is 29.2 Å². The van der Waals surface area contributed by atoms with Crippen molar-refractivity contribution >= 4 is 15.7 Å². The van der Waals surface area contributed by atoms with E-state index < -0.39 is 9.84 Å². The molecular weight excluding hydrogens is 288 g/mol. The van der Waals surface area contributed by atoms with Crippen LogP contribution in [0.25, 0.3) is 0 Å². The van der Waals surface area contributed by atoms with E-state index in [0.29, 0.717) is 19.1 Å². The molecule has 0 saturated carbocycles. The monoisotopic (exact) mass is 310 g/mol. The smallest absolute Gasteiger partial charge is 0.255 e. The second kappa shape index (κ2) is 6.15. The quantitative estimate of drug-likeness (QED) is 0.843. The van der Waals surface area contributed by atoms with Crippen LogP contribution >= 0.6 is 0 Å². The highest BCUT2D eigenvalue weighted by Gasteiger charge is 2.26. The number of sulfone groups is 1. The Morgan fingerprint density at radius 1 is 1.10 bits per heavy atom. The Labute approximate surface area is 126 Å². The van der Waals surface area contributed by atoms with Crippen molar-refractivity contribution in [3.05, 3.63) is 29.8 Å². The van der Waals surface area contributed by atoms with Crippen LogP contribution in [0.1, 0.15) is 24.2 Å².